The smallest absolute Gasteiger partial charge is 0.172 e. The molecule has 1 rings (SSSR count). The van der Waals surface area contributed by atoms with Crippen LogP contribution in [0.4, 0.5) is 0 Å². The molecule has 1 nitrogen and oxygen atoms in total. The highest BCUT2D eigenvalue weighted by atomic mass is 14.9. The largest absolute Gasteiger partial charge is 0.205 e. The van der Waals surface area contributed by atoms with Gasteiger partial charge in [-0.3, -0.25) is 0 Å². The van der Waals surface area contributed by atoms with E-state index in [2.05, 4.69) is 43.8 Å². The topological polar surface area (TPSA) is 3.88 Å². The normalized spacial score (nSPS) is 11.6. The lowest BCUT2D eigenvalue weighted by molar-refractivity contribution is -0.697. The number of rotatable bonds is 48. The molecule has 0 atom stereocenters. The van der Waals surface area contributed by atoms with Crippen molar-refractivity contribution in [2.24, 2.45) is 0 Å². The van der Waals surface area contributed by atoms with Crippen molar-refractivity contribution in [1.82, 2.24) is 0 Å². The molecule has 1 aromatic heterocycles. The minimum Gasteiger partial charge on any atom is -0.205 e. The predicted octanol–water partition coefficient (Wildman–Crippen LogP) is 19.7. The van der Waals surface area contributed by atoms with E-state index < -0.39 is 0 Å². The van der Waals surface area contributed by atoms with Crippen LogP contribution in [-0.4, -0.2) is 0 Å². The van der Waals surface area contributed by atoms with E-state index in [0.29, 0.717) is 0 Å². The number of nitrogens with zero attached hydrogens (tertiary/aromatic N) is 1. The molecular weight excluding hydrogens is 687 g/mol. The van der Waals surface area contributed by atoms with E-state index in [0.717, 1.165) is 0 Å². The molecule has 0 amide bonds. The van der Waals surface area contributed by atoms with E-state index in [1.807, 2.05) is 0 Å². The molecule has 0 bridgehead atoms. The number of aryl methyl sites for hydroxylation is 3. The fraction of sp³-hybridized carbons (Fsp3) is 0.911. The van der Waals surface area contributed by atoms with Crippen LogP contribution in [0, 0.1) is 0 Å². The molecule has 0 aromatic carbocycles. The SMILES string of the molecule is CCCCCCCCCCCCCCCCCCC[n+]1ccc(CCCCCCCCCCCCCCCC)c(CCCCCCCCCCCCCCCC)c1. The minimum absolute atomic E-state index is 1.21. The molecule has 0 saturated carbocycles. The van der Waals surface area contributed by atoms with Gasteiger partial charge < -0.3 is 0 Å². The molecule has 0 unspecified atom stereocenters. The molecule has 0 aliphatic heterocycles. The summed E-state index contributed by atoms with van der Waals surface area (Å²) in [4.78, 5) is 0. The standard InChI is InChI=1S/C56H108N/c1-4-7-10-13-16-19-22-25-28-29-30-33-36-39-42-45-48-52-57-53-51-55(49-46-43-40-37-34-31-26-23-20-17-14-11-8-5-2)56(54-57)50-47-44-41-38-35-32-27-24-21-18-15-12-9-6-3/h51,53-54H,4-50,52H2,1-3H3/q+1. The second-order valence-corrected chi connectivity index (χ2v) is 19.1. The average Bonchev–Trinajstić information content (AvgIpc) is 3.22. The highest BCUT2D eigenvalue weighted by molar-refractivity contribution is 5.21. The summed E-state index contributed by atoms with van der Waals surface area (Å²) in [6.45, 7) is 8.16. The Morgan fingerprint density at radius 1 is 0.263 bits per heavy atom. The molecule has 1 aromatic rings. The molecule has 0 N–H and O–H groups in total. The van der Waals surface area contributed by atoms with Gasteiger partial charge in [0, 0.05) is 18.1 Å². The lowest BCUT2D eigenvalue weighted by Crippen LogP contribution is -2.34. The predicted molar refractivity (Wildman–Crippen MR) is 259 cm³/mol. The van der Waals surface area contributed by atoms with Crippen LogP contribution in [0.15, 0.2) is 18.5 Å². The fourth-order valence-corrected chi connectivity index (χ4v) is 9.27. The molecule has 336 valence electrons. The van der Waals surface area contributed by atoms with Crippen LogP contribution >= 0.6 is 0 Å². The van der Waals surface area contributed by atoms with E-state index in [-0.39, 0.29) is 0 Å². The van der Waals surface area contributed by atoms with Crippen LogP contribution in [0.25, 0.3) is 0 Å². The summed E-state index contributed by atoms with van der Waals surface area (Å²) in [7, 11) is 0. The van der Waals surface area contributed by atoms with Gasteiger partial charge in [0.15, 0.2) is 12.4 Å². The maximum Gasteiger partial charge on any atom is 0.172 e. The molecule has 0 aliphatic carbocycles. The third kappa shape index (κ3) is 39.1. The second kappa shape index (κ2) is 46.2. The molecule has 0 saturated heterocycles. The van der Waals surface area contributed by atoms with Crippen LogP contribution in [0.5, 0.6) is 0 Å². The second-order valence-electron chi connectivity index (χ2n) is 19.1. The van der Waals surface area contributed by atoms with E-state index >= 15 is 0 Å². The van der Waals surface area contributed by atoms with Crippen LogP contribution in [0.2, 0.25) is 0 Å². The molecule has 1 heteroatoms. The van der Waals surface area contributed by atoms with Crippen molar-refractivity contribution >= 4 is 0 Å². The summed E-state index contributed by atoms with van der Waals surface area (Å²) in [5, 5.41) is 0. The van der Waals surface area contributed by atoms with Gasteiger partial charge >= 0.3 is 0 Å². The maximum atomic E-state index is 2.58. The van der Waals surface area contributed by atoms with Crippen LogP contribution in [0.3, 0.4) is 0 Å². The van der Waals surface area contributed by atoms with Crippen LogP contribution in [-0.2, 0) is 19.4 Å². The fourth-order valence-electron chi connectivity index (χ4n) is 9.27. The molecular formula is C56H108N+. The first kappa shape index (κ1) is 54.2. The Morgan fingerprint density at radius 3 is 0.772 bits per heavy atom. The van der Waals surface area contributed by atoms with Gasteiger partial charge in [-0.15, -0.1) is 0 Å². The lowest BCUT2D eigenvalue weighted by atomic mass is 9.97. The van der Waals surface area contributed by atoms with Gasteiger partial charge in [-0.2, -0.15) is 0 Å². The van der Waals surface area contributed by atoms with E-state index in [1.54, 1.807) is 11.1 Å². The average molecular weight is 795 g/mol. The van der Waals surface area contributed by atoms with Crippen LogP contribution < -0.4 is 4.57 Å². The number of aromatic nitrogens is 1. The van der Waals surface area contributed by atoms with E-state index in [1.165, 1.54) is 308 Å². The quantitative estimate of drug-likeness (QED) is 0.0457. The first-order valence-corrected chi connectivity index (χ1v) is 27.3. The van der Waals surface area contributed by atoms with Gasteiger partial charge in [-0.25, -0.2) is 4.57 Å². The van der Waals surface area contributed by atoms with Crippen molar-refractivity contribution in [2.75, 3.05) is 0 Å². The zero-order valence-electron chi connectivity index (χ0n) is 40.1. The van der Waals surface area contributed by atoms with E-state index in [4.69, 9.17) is 0 Å². The van der Waals surface area contributed by atoms with Gasteiger partial charge in [0.25, 0.3) is 0 Å². The summed E-state index contributed by atoms with van der Waals surface area (Å²) in [6, 6.07) is 2.52. The molecule has 0 radical (unpaired) electrons. The Balaban J connectivity index is 2.26. The number of unbranched alkanes of at least 4 members (excludes halogenated alkanes) is 42. The van der Waals surface area contributed by atoms with Crippen LogP contribution in [0.1, 0.15) is 321 Å². The summed E-state index contributed by atoms with van der Waals surface area (Å²) < 4.78 is 2.55. The van der Waals surface area contributed by atoms with Crippen molar-refractivity contribution < 1.29 is 4.57 Å². The summed E-state index contributed by atoms with van der Waals surface area (Å²) in [5.74, 6) is 0. The third-order valence-corrected chi connectivity index (χ3v) is 13.3. The van der Waals surface area contributed by atoms with Crippen molar-refractivity contribution in [3.8, 4) is 0 Å². The van der Waals surface area contributed by atoms with Crippen molar-refractivity contribution in [1.29, 1.82) is 0 Å². The van der Waals surface area contributed by atoms with E-state index in [9.17, 15) is 0 Å². The molecule has 0 aliphatic rings. The van der Waals surface area contributed by atoms with Gasteiger partial charge in [0.05, 0.1) is 0 Å². The Bertz CT molecular complexity index is 889. The lowest BCUT2D eigenvalue weighted by Gasteiger charge is -2.10. The molecule has 57 heavy (non-hydrogen) atoms. The number of hydrogen-bond donors (Lipinski definition) is 0. The summed E-state index contributed by atoms with van der Waals surface area (Å²) >= 11 is 0. The van der Waals surface area contributed by atoms with Crippen molar-refractivity contribution in [2.45, 2.75) is 329 Å². The number of hydrogen-bond acceptors (Lipinski definition) is 0. The zero-order chi connectivity index (χ0) is 40.8. The minimum atomic E-state index is 1.21. The molecule has 0 fully saturated rings. The highest BCUT2D eigenvalue weighted by Crippen LogP contribution is 2.19. The van der Waals surface area contributed by atoms with Gasteiger partial charge in [-0.05, 0) is 37.7 Å². The maximum absolute atomic E-state index is 2.58. The van der Waals surface area contributed by atoms with Crippen molar-refractivity contribution in [3.63, 3.8) is 0 Å². The first-order valence-electron chi connectivity index (χ1n) is 27.3. The first-order chi connectivity index (χ1) is 28.3. The Morgan fingerprint density at radius 2 is 0.491 bits per heavy atom. The Hall–Kier alpha value is -0.850. The zero-order valence-corrected chi connectivity index (χ0v) is 40.1. The number of pyridine rings is 1. The molecule has 1 heterocycles. The molecule has 0 spiro atoms. The summed E-state index contributed by atoms with van der Waals surface area (Å²) in [5.41, 5.74) is 3.35. The Kier molecular flexibility index (Phi) is 43.9. The van der Waals surface area contributed by atoms with Gasteiger partial charge in [-0.1, -0.05) is 284 Å². The Labute approximate surface area is 361 Å². The third-order valence-electron chi connectivity index (χ3n) is 13.3. The highest BCUT2D eigenvalue weighted by Gasteiger charge is 2.10. The van der Waals surface area contributed by atoms with Gasteiger partial charge in [0.2, 0.25) is 0 Å². The monoisotopic (exact) mass is 795 g/mol. The van der Waals surface area contributed by atoms with Gasteiger partial charge in [0.1, 0.15) is 6.54 Å². The van der Waals surface area contributed by atoms with Crippen molar-refractivity contribution in [3.05, 3.63) is 29.6 Å². The summed E-state index contributed by atoms with van der Waals surface area (Å²) in [6.07, 6.45) is 72.7.